The zero-order valence-corrected chi connectivity index (χ0v) is 14.6. The highest BCUT2D eigenvalue weighted by atomic mass is 16.5. The largest absolute Gasteiger partial charge is 0.490 e. The second kappa shape index (κ2) is 7.25. The van der Waals surface area contributed by atoms with Crippen LogP contribution in [0.5, 0.6) is 5.75 Å². The molecule has 7 heteroatoms. The molecule has 1 atom stereocenters. The maximum atomic E-state index is 12.1. The summed E-state index contributed by atoms with van der Waals surface area (Å²) in [5.41, 5.74) is 0.101. The van der Waals surface area contributed by atoms with E-state index >= 15 is 0 Å². The molecule has 2 N–H and O–H groups in total. The number of likely N-dealkylation sites (tertiary alicyclic amines) is 1. The van der Waals surface area contributed by atoms with E-state index in [0.29, 0.717) is 25.3 Å². The smallest absolute Gasteiger partial charge is 0.239 e. The molecule has 2 heterocycles. The first-order chi connectivity index (χ1) is 11.9. The lowest BCUT2D eigenvalue weighted by molar-refractivity contribution is -0.117. The van der Waals surface area contributed by atoms with Crippen LogP contribution in [-0.4, -0.2) is 57.5 Å². The number of carbonyl (C=O) groups is 1. The average molecular weight is 344 g/mol. The number of aliphatic hydroxyl groups is 1. The molecule has 0 spiro atoms. The Morgan fingerprint density at radius 1 is 1.40 bits per heavy atom. The van der Waals surface area contributed by atoms with Crippen molar-refractivity contribution in [1.29, 1.82) is 0 Å². The zero-order chi connectivity index (χ0) is 17.9. The lowest BCUT2D eigenvalue weighted by atomic mass is 10.1. The quantitative estimate of drug-likeness (QED) is 0.823. The minimum atomic E-state index is -0.937. The molecule has 0 aliphatic carbocycles. The van der Waals surface area contributed by atoms with Crippen molar-refractivity contribution in [2.45, 2.75) is 18.9 Å². The van der Waals surface area contributed by atoms with Crippen LogP contribution in [0.2, 0.25) is 0 Å². The summed E-state index contributed by atoms with van der Waals surface area (Å²) in [5.74, 6) is 1.18. The van der Waals surface area contributed by atoms with Crippen molar-refractivity contribution < 1.29 is 14.6 Å². The van der Waals surface area contributed by atoms with E-state index in [-0.39, 0.29) is 19.1 Å². The predicted octanol–water partition coefficient (Wildman–Crippen LogP) is 1.18. The van der Waals surface area contributed by atoms with Crippen LogP contribution in [0.3, 0.4) is 0 Å². The first-order valence-electron chi connectivity index (χ1n) is 8.36. The van der Waals surface area contributed by atoms with E-state index < -0.39 is 5.60 Å². The predicted molar refractivity (Wildman–Crippen MR) is 94.5 cm³/mol. The first kappa shape index (κ1) is 17.4. The molecular weight excluding hydrogens is 320 g/mol. The van der Waals surface area contributed by atoms with Crippen LogP contribution >= 0.6 is 0 Å². The SMILES string of the molecule is Cc1ccccc1OC[C@@]1(O)CCN(CC(=O)Nc2ccn(C)n2)C1. The second-order valence-corrected chi connectivity index (χ2v) is 6.66. The fraction of sp³-hybridized carbons (Fsp3) is 0.444. The fourth-order valence-electron chi connectivity index (χ4n) is 2.99. The maximum absolute atomic E-state index is 12.1. The summed E-state index contributed by atoms with van der Waals surface area (Å²) in [5, 5.41) is 17.6. The van der Waals surface area contributed by atoms with Crippen LogP contribution in [0.4, 0.5) is 5.82 Å². The number of aryl methyl sites for hydroxylation is 2. The molecular formula is C18H24N4O3. The Hall–Kier alpha value is -2.38. The van der Waals surface area contributed by atoms with Crippen LogP contribution in [-0.2, 0) is 11.8 Å². The lowest BCUT2D eigenvalue weighted by Gasteiger charge is -2.24. The Bertz CT molecular complexity index is 745. The summed E-state index contributed by atoms with van der Waals surface area (Å²) >= 11 is 0. The van der Waals surface area contributed by atoms with Crippen LogP contribution < -0.4 is 10.1 Å². The minimum absolute atomic E-state index is 0.136. The normalized spacial score (nSPS) is 20.6. The molecule has 0 unspecified atom stereocenters. The molecule has 7 nitrogen and oxygen atoms in total. The number of amides is 1. The lowest BCUT2D eigenvalue weighted by Crippen LogP contribution is -2.41. The average Bonchev–Trinajstić information content (AvgIpc) is 3.13. The molecule has 1 fully saturated rings. The number of nitrogens with zero attached hydrogens (tertiary/aromatic N) is 3. The molecule has 0 radical (unpaired) electrons. The highest BCUT2D eigenvalue weighted by Gasteiger charge is 2.37. The Kier molecular flexibility index (Phi) is 5.06. The molecule has 1 aliphatic rings. The third kappa shape index (κ3) is 4.58. The molecule has 25 heavy (non-hydrogen) atoms. The highest BCUT2D eigenvalue weighted by Crippen LogP contribution is 2.24. The fourth-order valence-corrected chi connectivity index (χ4v) is 2.99. The summed E-state index contributed by atoms with van der Waals surface area (Å²) in [4.78, 5) is 14.0. The van der Waals surface area contributed by atoms with Crippen molar-refractivity contribution in [3.05, 3.63) is 42.1 Å². The third-order valence-corrected chi connectivity index (χ3v) is 4.35. The van der Waals surface area contributed by atoms with E-state index in [4.69, 9.17) is 4.74 Å². The van der Waals surface area contributed by atoms with Gasteiger partial charge in [-0.2, -0.15) is 5.10 Å². The van der Waals surface area contributed by atoms with Crippen molar-refractivity contribution >= 4 is 11.7 Å². The summed E-state index contributed by atoms with van der Waals surface area (Å²) in [6, 6.07) is 9.48. The summed E-state index contributed by atoms with van der Waals surface area (Å²) in [6.45, 7) is 3.49. The first-order valence-corrected chi connectivity index (χ1v) is 8.36. The summed E-state index contributed by atoms with van der Waals surface area (Å²) in [7, 11) is 1.80. The van der Waals surface area contributed by atoms with Gasteiger partial charge >= 0.3 is 0 Å². The molecule has 1 saturated heterocycles. The van der Waals surface area contributed by atoms with Gasteiger partial charge < -0.3 is 15.2 Å². The van der Waals surface area contributed by atoms with Gasteiger partial charge in [0.25, 0.3) is 0 Å². The molecule has 0 saturated carbocycles. The third-order valence-electron chi connectivity index (χ3n) is 4.35. The molecule has 3 rings (SSSR count). The highest BCUT2D eigenvalue weighted by molar-refractivity contribution is 5.91. The second-order valence-electron chi connectivity index (χ2n) is 6.66. The number of aromatic nitrogens is 2. The topological polar surface area (TPSA) is 79.6 Å². The Morgan fingerprint density at radius 2 is 2.20 bits per heavy atom. The number of nitrogens with one attached hydrogen (secondary N) is 1. The van der Waals surface area contributed by atoms with Crippen molar-refractivity contribution in [1.82, 2.24) is 14.7 Å². The van der Waals surface area contributed by atoms with Gasteiger partial charge in [0.05, 0.1) is 6.54 Å². The van der Waals surface area contributed by atoms with E-state index in [0.717, 1.165) is 11.3 Å². The standard InChI is InChI=1S/C18H24N4O3/c1-14-5-3-4-6-15(14)25-13-18(24)8-10-22(12-18)11-17(23)19-16-7-9-21(2)20-16/h3-7,9,24H,8,10-13H2,1-2H3,(H,19,20,23)/t18-/m1/s1. The molecule has 134 valence electrons. The number of ether oxygens (including phenoxy) is 1. The number of carbonyl (C=O) groups excluding carboxylic acids is 1. The number of para-hydroxylation sites is 1. The Balaban J connectivity index is 1.48. The van der Waals surface area contributed by atoms with Gasteiger partial charge in [0.15, 0.2) is 5.82 Å². The minimum Gasteiger partial charge on any atom is -0.490 e. The van der Waals surface area contributed by atoms with Gasteiger partial charge in [0, 0.05) is 32.4 Å². The Morgan fingerprint density at radius 3 is 2.92 bits per heavy atom. The number of hydrogen-bond acceptors (Lipinski definition) is 5. The number of rotatable bonds is 6. The van der Waals surface area contributed by atoms with Gasteiger partial charge in [0.2, 0.25) is 5.91 Å². The van der Waals surface area contributed by atoms with Gasteiger partial charge in [-0.25, -0.2) is 0 Å². The molecule has 1 amide bonds. The van der Waals surface area contributed by atoms with Crippen molar-refractivity contribution in [3.8, 4) is 5.75 Å². The van der Waals surface area contributed by atoms with Crippen molar-refractivity contribution in [2.75, 3.05) is 31.6 Å². The number of hydrogen-bond donors (Lipinski definition) is 2. The number of β-amino-alcohol motifs (C(OH)–C–C–N with tert-alkyl or cyclic N) is 1. The van der Waals surface area contributed by atoms with Gasteiger partial charge in [-0.1, -0.05) is 18.2 Å². The van der Waals surface area contributed by atoms with Crippen molar-refractivity contribution in [3.63, 3.8) is 0 Å². The molecule has 1 aromatic heterocycles. The molecule has 2 aromatic rings. The van der Waals surface area contributed by atoms with E-state index in [1.54, 1.807) is 24.0 Å². The van der Waals surface area contributed by atoms with Gasteiger partial charge in [-0.3, -0.25) is 14.4 Å². The molecule has 1 aliphatic heterocycles. The molecule has 1 aromatic carbocycles. The number of benzene rings is 1. The molecule has 0 bridgehead atoms. The Labute approximate surface area is 147 Å². The summed E-state index contributed by atoms with van der Waals surface area (Å²) < 4.78 is 7.42. The van der Waals surface area contributed by atoms with E-state index in [2.05, 4.69) is 10.4 Å². The van der Waals surface area contributed by atoms with Crippen LogP contribution in [0.15, 0.2) is 36.5 Å². The van der Waals surface area contributed by atoms with E-state index in [1.165, 1.54) is 0 Å². The van der Waals surface area contributed by atoms with Gasteiger partial charge in [0.1, 0.15) is 18.0 Å². The van der Waals surface area contributed by atoms with Crippen LogP contribution in [0, 0.1) is 6.92 Å². The monoisotopic (exact) mass is 344 g/mol. The maximum Gasteiger partial charge on any atom is 0.239 e. The van der Waals surface area contributed by atoms with Crippen LogP contribution in [0.1, 0.15) is 12.0 Å². The number of anilines is 1. The van der Waals surface area contributed by atoms with Crippen LogP contribution in [0.25, 0.3) is 0 Å². The van der Waals surface area contributed by atoms with E-state index in [9.17, 15) is 9.90 Å². The summed E-state index contributed by atoms with van der Waals surface area (Å²) in [6.07, 6.45) is 2.35. The van der Waals surface area contributed by atoms with Gasteiger partial charge in [-0.15, -0.1) is 0 Å². The van der Waals surface area contributed by atoms with Crippen molar-refractivity contribution in [2.24, 2.45) is 7.05 Å². The van der Waals surface area contributed by atoms with E-state index in [1.807, 2.05) is 36.1 Å². The van der Waals surface area contributed by atoms with Gasteiger partial charge in [-0.05, 0) is 25.0 Å². The zero-order valence-electron chi connectivity index (χ0n) is 14.6.